The summed E-state index contributed by atoms with van der Waals surface area (Å²) in [7, 11) is 0. The summed E-state index contributed by atoms with van der Waals surface area (Å²) in [6.07, 6.45) is 0. The topological polar surface area (TPSA) is 81.2 Å². The van der Waals surface area contributed by atoms with Crippen LogP contribution < -0.4 is 11.1 Å². The van der Waals surface area contributed by atoms with Crippen molar-refractivity contribution in [3.63, 3.8) is 0 Å². The number of nitro benzene ring substituents is 1. The molecule has 5 nitrogen and oxygen atoms in total. The molecule has 1 aromatic rings. The predicted molar refractivity (Wildman–Crippen MR) is 66.8 cm³/mol. The Balaban J connectivity index is 2.65. The van der Waals surface area contributed by atoms with E-state index in [-0.39, 0.29) is 16.8 Å². The third-order valence-corrected chi connectivity index (χ3v) is 3.47. The highest BCUT2D eigenvalue weighted by molar-refractivity contribution is 7.80. The number of nitro groups is 1. The van der Waals surface area contributed by atoms with Gasteiger partial charge in [0.1, 0.15) is 5.69 Å². The van der Waals surface area contributed by atoms with Crippen molar-refractivity contribution >= 4 is 34.3 Å². The zero-order chi connectivity index (χ0) is 12.1. The Hall–Kier alpha value is -1.69. The van der Waals surface area contributed by atoms with Crippen LogP contribution in [-0.4, -0.2) is 9.91 Å². The molecule has 0 aliphatic carbocycles. The molecule has 0 fully saturated rings. The standard InChI is InChI=1S/C10H11N3O2S/c1-10(2)5-3-6(11)8(13(14)15)4-7(5)12-9(10)16/h3-4H,11H2,1-2H3,(H,12,16). The second kappa shape index (κ2) is 3.15. The number of rotatable bonds is 1. The number of nitrogens with zero attached hydrogens (tertiary/aromatic N) is 1. The van der Waals surface area contributed by atoms with Crippen LogP contribution in [0, 0.1) is 10.1 Å². The number of hydrogen-bond acceptors (Lipinski definition) is 4. The van der Waals surface area contributed by atoms with Crippen molar-refractivity contribution < 1.29 is 4.92 Å². The van der Waals surface area contributed by atoms with Gasteiger partial charge in [0, 0.05) is 11.5 Å². The zero-order valence-corrected chi connectivity index (χ0v) is 9.72. The molecule has 0 spiro atoms. The first-order valence-corrected chi connectivity index (χ1v) is 5.14. The zero-order valence-electron chi connectivity index (χ0n) is 8.90. The van der Waals surface area contributed by atoms with Gasteiger partial charge in [0.05, 0.1) is 15.6 Å². The Kier molecular flexibility index (Phi) is 2.13. The van der Waals surface area contributed by atoms with Crippen LogP contribution in [0.3, 0.4) is 0 Å². The number of nitrogens with two attached hydrogens (primary N) is 1. The largest absolute Gasteiger partial charge is 0.393 e. The van der Waals surface area contributed by atoms with E-state index in [4.69, 9.17) is 18.0 Å². The van der Waals surface area contributed by atoms with Crippen LogP contribution in [0.2, 0.25) is 0 Å². The van der Waals surface area contributed by atoms with Gasteiger partial charge < -0.3 is 11.1 Å². The SMILES string of the molecule is CC1(C)C(=S)Nc2cc([N+](=O)[O-])c(N)cc21. The quantitative estimate of drug-likeness (QED) is 0.339. The molecule has 0 saturated carbocycles. The van der Waals surface area contributed by atoms with Gasteiger partial charge in [-0.2, -0.15) is 0 Å². The number of nitrogens with one attached hydrogen (secondary N) is 1. The van der Waals surface area contributed by atoms with E-state index in [9.17, 15) is 10.1 Å². The molecule has 0 amide bonds. The number of thiocarbonyl (C=S) groups is 1. The van der Waals surface area contributed by atoms with E-state index >= 15 is 0 Å². The van der Waals surface area contributed by atoms with E-state index in [1.165, 1.54) is 6.07 Å². The maximum Gasteiger partial charge on any atom is 0.294 e. The fourth-order valence-electron chi connectivity index (χ4n) is 1.78. The number of hydrogen-bond donors (Lipinski definition) is 2. The van der Waals surface area contributed by atoms with Crippen LogP contribution in [0.15, 0.2) is 12.1 Å². The lowest BCUT2D eigenvalue weighted by molar-refractivity contribution is -0.383. The molecule has 2 rings (SSSR count). The van der Waals surface area contributed by atoms with Crippen molar-refractivity contribution in [1.29, 1.82) is 0 Å². The highest BCUT2D eigenvalue weighted by Gasteiger charge is 2.36. The van der Waals surface area contributed by atoms with Gasteiger partial charge in [0.15, 0.2) is 0 Å². The Labute approximate surface area is 97.8 Å². The average molecular weight is 237 g/mol. The number of nitrogen functional groups attached to an aromatic ring is 1. The molecule has 6 heteroatoms. The van der Waals surface area contributed by atoms with Gasteiger partial charge in [-0.1, -0.05) is 12.2 Å². The van der Waals surface area contributed by atoms with Crippen molar-refractivity contribution in [3.8, 4) is 0 Å². The minimum atomic E-state index is -0.494. The number of fused-ring (bicyclic) bond motifs is 1. The molecular weight excluding hydrogens is 226 g/mol. The molecule has 0 aromatic heterocycles. The van der Waals surface area contributed by atoms with E-state index in [2.05, 4.69) is 5.32 Å². The molecule has 0 radical (unpaired) electrons. The first-order valence-electron chi connectivity index (χ1n) is 4.74. The molecule has 3 N–H and O–H groups in total. The molecule has 84 valence electrons. The van der Waals surface area contributed by atoms with Crippen LogP contribution in [0.4, 0.5) is 17.1 Å². The summed E-state index contributed by atoms with van der Waals surface area (Å²) < 4.78 is 0. The van der Waals surface area contributed by atoms with Gasteiger partial charge in [-0.3, -0.25) is 10.1 Å². The second-order valence-electron chi connectivity index (χ2n) is 4.29. The monoisotopic (exact) mass is 237 g/mol. The molecule has 16 heavy (non-hydrogen) atoms. The normalized spacial score (nSPS) is 16.8. The van der Waals surface area contributed by atoms with Crippen LogP contribution in [-0.2, 0) is 5.41 Å². The fraction of sp³-hybridized carbons (Fsp3) is 0.300. The van der Waals surface area contributed by atoms with Crippen molar-refractivity contribution in [2.45, 2.75) is 19.3 Å². The lowest BCUT2D eigenvalue weighted by Gasteiger charge is -2.17. The molecule has 1 aliphatic rings. The fourth-order valence-corrected chi connectivity index (χ4v) is 2.00. The van der Waals surface area contributed by atoms with E-state index in [1.54, 1.807) is 6.07 Å². The summed E-state index contributed by atoms with van der Waals surface area (Å²) in [5.41, 5.74) is 6.98. The van der Waals surface area contributed by atoms with Crippen LogP contribution in [0.5, 0.6) is 0 Å². The number of anilines is 2. The van der Waals surface area contributed by atoms with Gasteiger partial charge in [-0.05, 0) is 25.5 Å². The maximum absolute atomic E-state index is 10.7. The highest BCUT2D eigenvalue weighted by Crippen LogP contribution is 2.42. The maximum atomic E-state index is 10.7. The van der Waals surface area contributed by atoms with E-state index in [0.717, 1.165) is 5.56 Å². The summed E-state index contributed by atoms with van der Waals surface area (Å²) in [6.45, 7) is 3.92. The first kappa shape index (κ1) is 10.8. The predicted octanol–water partition coefficient (Wildman–Crippen LogP) is 2.21. The third kappa shape index (κ3) is 1.34. The lowest BCUT2D eigenvalue weighted by Crippen LogP contribution is -2.25. The van der Waals surface area contributed by atoms with Gasteiger partial charge in [-0.25, -0.2) is 0 Å². The Bertz CT molecular complexity index is 511. The second-order valence-corrected chi connectivity index (χ2v) is 4.70. The van der Waals surface area contributed by atoms with Gasteiger partial charge >= 0.3 is 0 Å². The van der Waals surface area contributed by atoms with Crippen LogP contribution in [0.1, 0.15) is 19.4 Å². The average Bonchev–Trinajstić information content (AvgIpc) is 2.38. The Morgan fingerprint density at radius 1 is 1.50 bits per heavy atom. The summed E-state index contributed by atoms with van der Waals surface area (Å²) in [4.78, 5) is 10.9. The van der Waals surface area contributed by atoms with Gasteiger partial charge in [0.2, 0.25) is 0 Å². The van der Waals surface area contributed by atoms with Gasteiger partial charge in [0.25, 0.3) is 5.69 Å². The third-order valence-electron chi connectivity index (χ3n) is 2.85. The summed E-state index contributed by atoms with van der Waals surface area (Å²) in [6, 6.07) is 3.06. The van der Waals surface area contributed by atoms with Crippen molar-refractivity contribution in [1.82, 2.24) is 0 Å². The highest BCUT2D eigenvalue weighted by atomic mass is 32.1. The Morgan fingerprint density at radius 2 is 2.12 bits per heavy atom. The summed E-state index contributed by atoms with van der Waals surface area (Å²) in [5.74, 6) is 0. The smallest absolute Gasteiger partial charge is 0.294 e. The molecule has 0 atom stereocenters. The molecule has 0 unspecified atom stereocenters. The van der Waals surface area contributed by atoms with Crippen molar-refractivity contribution in [2.75, 3.05) is 11.1 Å². The minimum Gasteiger partial charge on any atom is -0.393 e. The summed E-state index contributed by atoms with van der Waals surface area (Å²) in [5, 5.41) is 13.7. The molecule has 1 aromatic carbocycles. The minimum absolute atomic E-state index is 0.0910. The van der Waals surface area contributed by atoms with E-state index in [1.807, 2.05) is 13.8 Å². The number of benzene rings is 1. The first-order chi connectivity index (χ1) is 7.34. The molecule has 0 bridgehead atoms. The van der Waals surface area contributed by atoms with Gasteiger partial charge in [-0.15, -0.1) is 0 Å². The molecule has 1 aliphatic heterocycles. The molecular formula is C10H11N3O2S. The van der Waals surface area contributed by atoms with Crippen LogP contribution >= 0.6 is 12.2 Å². The van der Waals surface area contributed by atoms with E-state index in [0.29, 0.717) is 10.7 Å². The van der Waals surface area contributed by atoms with Crippen LogP contribution in [0.25, 0.3) is 0 Å². The van der Waals surface area contributed by atoms with Crippen molar-refractivity contribution in [2.24, 2.45) is 0 Å². The molecule has 1 heterocycles. The van der Waals surface area contributed by atoms with Crippen molar-refractivity contribution in [3.05, 3.63) is 27.8 Å². The molecule has 0 saturated heterocycles. The Morgan fingerprint density at radius 3 is 2.69 bits per heavy atom. The lowest BCUT2D eigenvalue weighted by atomic mass is 9.86. The van der Waals surface area contributed by atoms with E-state index < -0.39 is 4.92 Å². The summed E-state index contributed by atoms with van der Waals surface area (Å²) >= 11 is 5.19.